The molecular weight excluding hydrogens is 282 g/mol. The van der Waals surface area contributed by atoms with Gasteiger partial charge in [-0.15, -0.1) is 0 Å². The summed E-state index contributed by atoms with van der Waals surface area (Å²) in [4.78, 5) is 24.0. The fourth-order valence-electron chi connectivity index (χ4n) is 2.26. The first-order chi connectivity index (χ1) is 10.6. The van der Waals surface area contributed by atoms with Gasteiger partial charge in [-0.2, -0.15) is 0 Å². The topological polar surface area (TPSA) is 77.8 Å². The normalized spacial score (nSPS) is 11.6. The number of amides is 1. The van der Waals surface area contributed by atoms with Crippen molar-refractivity contribution in [3.05, 3.63) is 71.8 Å². The maximum atomic E-state index is 11.5. The maximum absolute atomic E-state index is 11.5. The molecule has 1 atom stereocenters. The standard InChI is InChI=1S/C17H17NO4/c19-16(20)15(11-13-7-3-1-4-8-13)18(17(21)22)12-14-9-5-2-6-10-14/h1-10,15H,11-12H2,(H,19,20)(H,21,22)/t15-/m0/s1. The Morgan fingerprint density at radius 2 is 1.36 bits per heavy atom. The predicted molar refractivity (Wildman–Crippen MR) is 81.6 cm³/mol. The summed E-state index contributed by atoms with van der Waals surface area (Å²) < 4.78 is 0. The molecule has 0 bridgehead atoms. The first-order valence-corrected chi connectivity index (χ1v) is 6.88. The van der Waals surface area contributed by atoms with Gasteiger partial charge < -0.3 is 10.2 Å². The van der Waals surface area contributed by atoms with Crippen LogP contribution < -0.4 is 0 Å². The van der Waals surface area contributed by atoms with Gasteiger partial charge in [0, 0.05) is 13.0 Å². The van der Waals surface area contributed by atoms with Crippen molar-refractivity contribution in [2.24, 2.45) is 0 Å². The molecule has 2 aromatic rings. The fraction of sp³-hybridized carbons (Fsp3) is 0.176. The molecule has 0 aliphatic heterocycles. The molecule has 2 N–H and O–H groups in total. The molecular formula is C17H17NO4. The average Bonchev–Trinajstić information content (AvgIpc) is 2.52. The summed E-state index contributed by atoms with van der Waals surface area (Å²) in [6.07, 6.45) is -1.11. The second-order valence-electron chi connectivity index (χ2n) is 4.94. The van der Waals surface area contributed by atoms with Crippen LogP contribution in [-0.4, -0.2) is 33.2 Å². The molecule has 0 saturated heterocycles. The van der Waals surface area contributed by atoms with Crippen molar-refractivity contribution in [1.82, 2.24) is 4.90 Å². The van der Waals surface area contributed by atoms with Crippen LogP contribution in [0.5, 0.6) is 0 Å². The molecule has 5 heteroatoms. The van der Waals surface area contributed by atoms with Crippen molar-refractivity contribution in [3.8, 4) is 0 Å². The van der Waals surface area contributed by atoms with E-state index in [1.807, 2.05) is 12.1 Å². The number of carboxylic acid groups (broad SMARTS) is 2. The van der Waals surface area contributed by atoms with Gasteiger partial charge in [0.2, 0.25) is 0 Å². The zero-order valence-electron chi connectivity index (χ0n) is 11.9. The Kier molecular flexibility index (Phi) is 5.14. The Bertz CT molecular complexity index is 570. The van der Waals surface area contributed by atoms with E-state index in [2.05, 4.69) is 0 Å². The van der Waals surface area contributed by atoms with Crippen molar-refractivity contribution < 1.29 is 19.8 Å². The molecule has 0 aromatic heterocycles. The quantitative estimate of drug-likeness (QED) is 0.859. The van der Waals surface area contributed by atoms with Crippen LogP contribution in [0.2, 0.25) is 0 Å². The number of hydrogen-bond acceptors (Lipinski definition) is 2. The van der Waals surface area contributed by atoms with Gasteiger partial charge in [0.1, 0.15) is 6.04 Å². The molecule has 0 saturated carbocycles. The Balaban J connectivity index is 2.22. The maximum Gasteiger partial charge on any atom is 0.408 e. The third-order valence-corrected chi connectivity index (χ3v) is 3.37. The van der Waals surface area contributed by atoms with E-state index in [0.717, 1.165) is 16.0 Å². The number of carboxylic acids is 1. The summed E-state index contributed by atoms with van der Waals surface area (Å²) in [7, 11) is 0. The van der Waals surface area contributed by atoms with Crippen LogP contribution in [0.4, 0.5) is 4.79 Å². The number of hydrogen-bond donors (Lipinski definition) is 2. The predicted octanol–water partition coefficient (Wildman–Crippen LogP) is 2.86. The zero-order chi connectivity index (χ0) is 15.9. The number of benzene rings is 2. The lowest BCUT2D eigenvalue weighted by Gasteiger charge is -2.26. The number of aliphatic carboxylic acids is 1. The van der Waals surface area contributed by atoms with Crippen LogP contribution in [-0.2, 0) is 17.8 Å². The first kappa shape index (κ1) is 15.6. The average molecular weight is 299 g/mol. The summed E-state index contributed by atoms with van der Waals surface area (Å²) in [5.74, 6) is -1.15. The molecule has 2 aromatic carbocycles. The van der Waals surface area contributed by atoms with E-state index in [0.29, 0.717) is 0 Å². The number of rotatable bonds is 6. The van der Waals surface area contributed by atoms with Gasteiger partial charge in [0.05, 0.1) is 0 Å². The SMILES string of the molecule is O=C(O)[C@H](Cc1ccccc1)N(Cc1ccccc1)C(=O)O. The molecule has 114 valence electrons. The highest BCUT2D eigenvalue weighted by Crippen LogP contribution is 2.14. The van der Waals surface area contributed by atoms with Crippen LogP contribution in [0.15, 0.2) is 60.7 Å². The molecule has 0 aliphatic rings. The minimum atomic E-state index is -1.24. The Labute approximate surface area is 128 Å². The monoisotopic (exact) mass is 299 g/mol. The molecule has 0 spiro atoms. The summed E-state index contributed by atoms with van der Waals surface area (Å²) >= 11 is 0. The highest BCUT2D eigenvalue weighted by Gasteiger charge is 2.29. The third-order valence-electron chi connectivity index (χ3n) is 3.37. The van der Waals surface area contributed by atoms with Crippen molar-refractivity contribution in [2.75, 3.05) is 0 Å². The molecule has 2 rings (SSSR count). The molecule has 1 amide bonds. The Morgan fingerprint density at radius 3 is 1.82 bits per heavy atom. The van der Waals surface area contributed by atoms with Crippen LogP contribution in [0.1, 0.15) is 11.1 Å². The summed E-state index contributed by atoms with van der Waals surface area (Å²) in [6.45, 7) is 0.0416. The van der Waals surface area contributed by atoms with Crippen molar-refractivity contribution in [3.63, 3.8) is 0 Å². The van der Waals surface area contributed by atoms with Gasteiger partial charge in [-0.25, -0.2) is 9.59 Å². The molecule has 5 nitrogen and oxygen atoms in total. The van der Waals surface area contributed by atoms with E-state index in [4.69, 9.17) is 0 Å². The molecule has 0 fully saturated rings. The summed E-state index contributed by atoms with van der Waals surface area (Å²) in [5.41, 5.74) is 1.54. The lowest BCUT2D eigenvalue weighted by Crippen LogP contribution is -2.45. The molecule has 0 unspecified atom stereocenters. The van der Waals surface area contributed by atoms with Gasteiger partial charge in [-0.1, -0.05) is 60.7 Å². The number of nitrogens with zero attached hydrogens (tertiary/aromatic N) is 1. The van der Waals surface area contributed by atoms with Gasteiger partial charge in [-0.3, -0.25) is 4.90 Å². The van der Waals surface area contributed by atoms with E-state index in [9.17, 15) is 19.8 Å². The molecule has 0 aliphatic carbocycles. The zero-order valence-corrected chi connectivity index (χ0v) is 11.9. The Hall–Kier alpha value is -2.82. The molecule has 0 heterocycles. The minimum Gasteiger partial charge on any atom is -0.480 e. The summed E-state index contributed by atoms with van der Waals surface area (Å²) in [6, 6.07) is 16.9. The third kappa shape index (κ3) is 4.09. The van der Waals surface area contributed by atoms with Crippen molar-refractivity contribution >= 4 is 12.1 Å². The molecule has 0 radical (unpaired) electrons. The van der Waals surface area contributed by atoms with Crippen molar-refractivity contribution in [2.45, 2.75) is 19.0 Å². The second kappa shape index (κ2) is 7.26. The van der Waals surface area contributed by atoms with Gasteiger partial charge >= 0.3 is 12.1 Å². The van der Waals surface area contributed by atoms with E-state index in [-0.39, 0.29) is 13.0 Å². The Morgan fingerprint density at radius 1 is 0.864 bits per heavy atom. The molecule has 22 heavy (non-hydrogen) atoms. The van der Waals surface area contributed by atoms with E-state index >= 15 is 0 Å². The highest BCUT2D eigenvalue weighted by molar-refractivity contribution is 5.79. The van der Waals surface area contributed by atoms with Crippen molar-refractivity contribution in [1.29, 1.82) is 0 Å². The smallest absolute Gasteiger partial charge is 0.408 e. The van der Waals surface area contributed by atoms with Gasteiger partial charge in [0.25, 0.3) is 0 Å². The van der Waals surface area contributed by atoms with Gasteiger partial charge in [-0.05, 0) is 11.1 Å². The fourth-order valence-corrected chi connectivity index (χ4v) is 2.26. The van der Waals surface area contributed by atoms with Crippen LogP contribution in [0.3, 0.4) is 0 Å². The van der Waals surface area contributed by atoms with Crippen LogP contribution in [0.25, 0.3) is 0 Å². The van der Waals surface area contributed by atoms with E-state index < -0.39 is 18.1 Å². The second-order valence-corrected chi connectivity index (χ2v) is 4.94. The summed E-state index contributed by atoms with van der Waals surface area (Å²) in [5, 5.41) is 18.8. The highest BCUT2D eigenvalue weighted by atomic mass is 16.4. The van der Waals surface area contributed by atoms with Crippen LogP contribution >= 0.6 is 0 Å². The van der Waals surface area contributed by atoms with E-state index in [1.54, 1.807) is 48.5 Å². The first-order valence-electron chi connectivity index (χ1n) is 6.88. The van der Waals surface area contributed by atoms with Crippen LogP contribution in [0, 0.1) is 0 Å². The minimum absolute atomic E-state index is 0.0416. The van der Waals surface area contributed by atoms with Gasteiger partial charge in [0.15, 0.2) is 0 Å². The largest absolute Gasteiger partial charge is 0.480 e. The van der Waals surface area contributed by atoms with E-state index in [1.165, 1.54) is 0 Å². The lowest BCUT2D eigenvalue weighted by molar-refractivity contribution is -0.142. The number of carbonyl (C=O) groups is 2. The lowest BCUT2D eigenvalue weighted by atomic mass is 10.0.